The highest BCUT2D eigenvalue weighted by Gasteiger charge is 2.42. The fourth-order valence-corrected chi connectivity index (χ4v) is 4.13. The average Bonchev–Trinajstić information content (AvgIpc) is 3.03. The highest BCUT2D eigenvalue weighted by molar-refractivity contribution is 7.16. The summed E-state index contributed by atoms with van der Waals surface area (Å²) in [7, 11) is 0. The molecular formula is C13H17ClN2OS. The van der Waals surface area contributed by atoms with Crippen molar-refractivity contribution in [3.8, 4) is 0 Å². The molecule has 1 aromatic heterocycles. The minimum atomic E-state index is 0.0501. The Balaban J connectivity index is 1.61. The van der Waals surface area contributed by atoms with Crippen molar-refractivity contribution in [1.29, 1.82) is 0 Å². The Bertz CT molecular complexity index is 462. The van der Waals surface area contributed by atoms with Crippen molar-refractivity contribution in [2.45, 2.75) is 44.3 Å². The second-order valence-corrected chi connectivity index (χ2v) is 7.01. The maximum Gasteiger partial charge on any atom is 0.225 e. The van der Waals surface area contributed by atoms with Crippen molar-refractivity contribution in [1.82, 2.24) is 10.6 Å². The van der Waals surface area contributed by atoms with Crippen LogP contribution in [0.2, 0.25) is 4.34 Å². The molecule has 3 nitrogen and oxygen atoms in total. The highest BCUT2D eigenvalue weighted by atomic mass is 35.5. The summed E-state index contributed by atoms with van der Waals surface area (Å²) in [6.45, 7) is 2.01. The summed E-state index contributed by atoms with van der Waals surface area (Å²) >= 11 is 7.45. The number of hydrogen-bond acceptors (Lipinski definition) is 3. The van der Waals surface area contributed by atoms with E-state index in [1.807, 2.05) is 19.1 Å². The van der Waals surface area contributed by atoms with Gasteiger partial charge in [0, 0.05) is 17.0 Å². The molecule has 5 heteroatoms. The van der Waals surface area contributed by atoms with E-state index in [0.29, 0.717) is 12.1 Å². The molecule has 0 spiro atoms. The summed E-state index contributed by atoms with van der Waals surface area (Å²) in [5.74, 6) is 0.341. The van der Waals surface area contributed by atoms with Gasteiger partial charge in [0.2, 0.25) is 5.91 Å². The van der Waals surface area contributed by atoms with E-state index in [4.69, 9.17) is 11.6 Å². The first-order valence-electron chi connectivity index (χ1n) is 6.45. The maximum atomic E-state index is 12.2. The third-order valence-electron chi connectivity index (χ3n) is 4.02. The molecule has 4 atom stereocenters. The van der Waals surface area contributed by atoms with Crippen LogP contribution in [0.3, 0.4) is 0 Å². The number of carbonyl (C=O) groups is 1. The zero-order valence-electron chi connectivity index (χ0n) is 10.3. The third-order valence-corrected chi connectivity index (χ3v) is 5.43. The van der Waals surface area contributed by atoms with E-state index in [0.717, 1.165) is 22.1 Å². The van der Waals surface area contributed by atoms with Gasteiger partial charge in [-0.05, 0) is 38.3 Å². The number of nitrogens with one attached hydrogen (secondary N) is 2. The van der Waals surface area contributed by atoms with Crippen molar-refractivity contribution in [3.05, 3.63) is 21.3 Å². The van der Waals surface area contributed by atoms with Crippen molar-refractivity contribution >= 4 is 28.8 Å². The van der Waals surface area contributed by atoms with Crippen LogP contribution in [0.5, 0.6) is 0 Å². The Labute approximate surface area is 116 Å². The fourth-order valence-electron chi connectivity index (χ4n) is 3.07. The first-order chi connectivity index (χ1) is 8.63. The number of hydrogen-bond donors (Lipinski definition) is 2. The van der Waals surface area contributed by atoms with Gasteiger partial charge in [-0.2, -0.15) is 0 Å². The zero-order chi connectivity index (χ0) is 12.7. The van der Waals surface area contributed by atoms with Crippen LogP contribution in [0.4, 0.5) is 0 Å². The molecule has 2 aliphatic rings. The Morgan fingerprint density at radius 3 is 2.94 bits per heavy atom. The molecule has 2 bridgehead atoms. The quantitative estimate of drug-likeness (QED) is 0.896. The molecule has 2 saturated heterocycles. The fraction of sp³-hybridized carbons (Fsp3) is 0.615. The van der Waals surface area contributed by atoms with Gasteiger partial charge in [-0.25, -0.2) is 0 Å². The van der Waals surface area contributed by atoms with Crippen molar-refractivity contribution in [2.75, 3.05) is 0 Å². The lowest BCUT2D eigenvalue weighted by atomic mass is 9.88. The van der Waals surface area contributed by atoms with Crippen LogP contribution in [0.1, 0.15) is 37.1 Å². The second-order valence-electron chi connectivity index (χ2n) is 5.26. The first-order valence-corrected chi connectivity index (χ1v) is 7.64. The Hall–Kier alpha value is -0.580. The minimum absolute atomic E-state index is 0.0501. The van der Waals surface area contributed by atoms with Crippen molar-refractivity contribution < 1.29 is 4.79 Å². The molecule has 2 N–H and O–H groups in total. The van der Waals surface area contributed by atoms with Crippen LogP contribution in [-0.4, -0.2) is 18.0 Å². The van der Waals surface area contributed by atoms with Gasteiger partial charge in [0.1, 0.15) is 0 Å². The molecule has 2 fully saturated rings. The normalized spacial score (nSPS) is 31.6. The molecule has 98 valence electrons. The van der Waals surface area contributed by atoms with Gasteiger partial charge in [-0.15, -0.1) is 11.3 Å². The van der Waals surface area contributed by atoms with Gasteiger partial charge in [0.15, 0.2) is 0 Å². The Morgan fingerprint density at radius 2 is 2.39 bits per heavy atom. The number of carbonyl (C=O) groups excluding carboxylic acids is 1. The highest BCUT2D eigenvalue weighted by Crippen LogP contribution is 2.34. The van der Waals surface area contributed by atoms with Gasteiger partial charge in [0.25, 0.3) is 0 Å². The lowest BCUT2D eigenvalue weighted by molar-refractivity contribution is -0.126. The largest absolute Gasteiger partial charge is 0.348 e. The van der Waals surface area contributed by atoms with Crippen LogP contribution in [0, 0.1) is 5.92 Å². The number of halogens is 1. The van der Waals surface area contributed by atoms with E-state index in [1.54, 1.807) is 0 Å². The van der Waals surface area contributed by atoms with Gasteiger partial charge < -0.3 is 10.6 Å². The molecule has 4 unspecified atom stereocenters. The third kappa shape index (κ3) is 2.29. The van der Waals surface area contributed by atoms with E-state index in [2.05, 4.69) is 10.6 Å². The summed E-state index contributed by atoms with van der Waals surface area (Å²) in [6, 6.07) is 4.88. The SMILES string of the molecule is CC(NC(=O)C1CC2CCC1N2)c1ccc(Cl)s1. The number of thiophene rings is 1. The molecule has 0 saturated carbocycles. The Morgan fingerprint density at radius 1 is 1.56 bits per heavy atom. The summed E-state index contributed by atoms with van der Waals surface area (Å²) in [5, 5.41) is 6.61. The number of amides is 1. The van der Waals surface area contributed by atoms with E-state index in [9.17, 15) is 4.79 Å². The molecule has 2 aliphatic heterocycles. The van der Waals surface area contributed by atoms with E-state index < -0.39 is 0 Å². The summed E-state index contributed by atoms with van der Waals surface area (Å²) in [5.41, 5.74) is 0. The molecule has 1 aromatic rings. The van der Waals surface area contributed by atoms with Gasteiger partial charge in [0.05, 0.1) is 16.3 Å². The van der Waals surface area contributed by atoms with Gasteiger partial charge in [-0.3, -0.25) is 4.79 Å². The molecule has 3 heterocycles. The van der Waals surface area contributed by atoms with E-state index >= 15 is 0 Å². The molecule has 18 heavy (non-hydrogen) atoms. The topological polar surface area (TPSA) is 41.1 Å². The van der Waals surface area contributed by atoms with Crippen LogP contribution in [-0.2, 0) is 4.79 Å². The van der Waals surface area contributed by atoms with Crippen molar-refractivity contribution in [2.24, 2.45) is 5.92 Å². The molecular weight excluding hydrogens is 268 g/mol. The predicted octanol–water partition coefficient (Wildman–Crippen LogP) is 2.72. The lowest BCUT2D eigenvalue weighted by Gasteiger charge is -2.21. The first kappa shape index (κ1) is 12.5. The van der Waals surface area contributed by atoms with Crippen LogP contribution >= 0.6 is 22.9 Å². The molecule has 0 radical (unpaired) electrons. The minimum Gasteiger partial charge on any atom is -0.348 e. The van der Waals surface area contributed by atoms with E-state index in [1.165, 1.54) is 17.8 Å². The number of fused-ring (bicyclic) bond motifs is 2. The smallest absolute Gasteiger partial charge is 0.225 e. The van der Waals surface area contributed by atoms with Crippen LogP contribution in [0.25, 0.3) is 0 Å². The molecule has 3 rings (SSSR count). The zero-order valence-corrected chi connectivity index (χ0v) is 11.9. The van der Waals surface area contributed by atoms with Crippen LogP contribution < -0.4 is 10.6 Å². The summed E-state index contributed by atoms with van der Waals surface area (Å²) in [6.07, 6.45) is 3.36. The van der Waals surface area contributed by atoms with Crippen molar-refractivity contribution in [3.63, 3.8) is 0 Å². The molecule has 0 aliphatic carbocycles. The van der Waals surface area contributed by atoms with E-state index in [-0.39, 0.29) is 17.9 Å². The standard InChI is InChI=1S/C13H17ClN2OS/c1-7(11-4-5-12(14)18-11)15-13(17)9-6-8-2-3-10(9)16-8/h4-5,7-10,16H,2-3,6H2,1H3,(H,15,17). The molecule has 1 amide bonds. The van der Waals surface area contributed by atoms with Gasteiger partial charge in [-0.1, -0.05) is 11.6 Å². The maximum absolute atomic E-state index is 12.2. The monoisotopic (exact) mass is 284 g/mol. The lowest BCUT2D eigenvalue weighted by Crippen LogP contribution is -2.38. The predicted molar refractivity (Wildman–Crippen MR) is 73.9 cm³/mol. The summed E-state index contributed by atoms with van der Waals surface area (Å²) < 4.78 is 0.771. The summed E-state index contributed by atoms with van der Waals surface area (Å²) in [4.78, 5) is 13.4. The number of rotatable bonds is 3. The van der Waals surface area contributed by atoms with Crippen LogP contribution in [0.15, 0.2) is 12.1 Å². The average molecular weight is 285 g/mol. The molecule has 0 aromatic carbocycles. The second kappa shape index (κ2) is 4.83. The Kier molecular flexibility index (Phi) is 3.34. The van der Waals surface area contributed by atoms with Gasteiger partial charge >= 0.3 is 0 Å².